The van der Waals surface area contributed by atoms with Gasteiger partial charge in [-0.1, -0.05) is 23.7 Å². The molecule has 1 fully saturated rings. The number of nitrogens with one attached hydrogen (secondary N) is 2. The second-order valence-corrected chi connectivity index (χ2v) is 5.40. The van der Waals surface area contributed by atoms with E-state index in [1.165, 1.54) is 12.8 Å². The number of aromatic nitrogens is 2. The third kappa shape index (κ3) is 3.70. The highest BCUT2D eigenvalue weighted by Crippen LogP contribution is 2.38. The van der Waals surface area contributed by atoms with Crippen molar-refractivity contribution in [1.82, 2.24) is 15.3 Å². The zero-order valence-electron chi connectivity index (χ0n) is 11.3. The summed E-state index contributed by atoms with van der Waals surface area (Å²) in [5.41, 5.74) is 2.45. The summed E-state index contributed by atoms with van der Waals surface area (Å²) in [5, 5.41) is 5.97. The van der Waals surface area contributed by atoms with E-state index >= 15 is 0 Å². The first kappa shape index (κ1) is 13.8. The van der Waals surface area contributed by atoms with Crippen molar-refractivity contribution in [1.29, 1.82) is 0 Å². The minimum Gasteiger partial charge on any atom is -0.332 e. The maximum Gasteiger partial charge on any atom is 0.319 e. The van der Waals surface area contributed by atoms with Crippen LogP contribution in [0.25, 0.3) is 0 Å². The summed E-state index contributed by atoms with van der Waals surface area (Å²) in [6.45, 7) is 0.360. The fourth-order valence-corrected chi connectivity index (χ4v) is 2.20. The topological polar surface area (TPSA) is 66.9 Å². The van der Waals surface area contributed by atoms with Crippen molar-refractivity contribution in [2.24, 2.45) is 0 Å². The largest absolute Gasteiger partial charge is 0.332 e. The summed E-state index contributed by atoms with van der Waals surface area (Å²) >= 11 is 5.98. The van der Waals surface area contributed by atoms with Gasteiger partial charge in [0.15, 0.2) is 0 Å². The van der Waals surface area contributed by atoms with Crippen molar-refractivity contribution in [2.45, 2.75) is 25.3 Å². The number of urea groups is 1. The zero-order chi connectivity index (χ0) is 14.7. The first-order valence-corrected chi connectivity index (χ1v) is 7.20. The number of carbonyl (C=O) groups is 1. The SMILES string of the molecule is O=C(NCc1cc(C2CC2)ncn1)Nc1ccccc1Cl. The number of para-hydroxylation sites is 1. The van der Waals surface area contributed by atoms with E-state index < -0.39 is 0 Å². The van der Waals surface area contributed by atoms with E-state index in [-0.39, 0.29) is 6.03 Å². The van der Waals surface area contributed by atoms with Gasteiger partial charge in [-0.25, -0.2) is 14.8 Å². The predicted octanol–water partition coefficient (Wildman–Crippen LogP) is 3.33. The standard InChI is InChI=1S/C15H15ClN4O/c16-12-3-1-2-4-13(12)20-15(21)17-8-11-7-14(10-5-6-10)19-9-18-11/h1-4,7,9-10H,5-6,8H2,(H2,17,20,21). The van der Waals surface area contributed by atoms with Gasteiger partial charge in [0.2, 0.25) is 0 Å². The molecule has 5 nitrogen and oxygen atoms in total. The summed E-state index contributed by atoms with van der Waals surface area (Å²) < 4.78 is 0. The van der Waals surface area contributed by atoms with Gasteiger partial charge in [-0.05, 0) is 31.0 Å². The van der Waals surface area contributed by atoms with Gasteiger partial charge in [0, 0.05) is 11.6 Å². The van der Waals surface area contributed by atoms with Crippen molar-refractivity contribution in [2.75, 3.05) is 5.32 Å². The highest BCUT2D eigenvalue weighted by molar-refractivity contribution is 6.33. The molecular weight excluding hydrogens is 288 g/mol. The lowest BCUT2D eigenvalue weighted by Crippen LogP contribution is -2.28. The van der Waals surface area contributed by atoms with Crippen molar-refractivity contribution in [3.8, 4) is 0 Å². The van der Waals surface area contributed by atoms with E-state index in [1.54, 1.807) is 18.5 Å². The molecule has 1 heterocycles. The van der Waals surface area contributed by atoms with Crippen LogP contribution in [0.15, 0.2) is 36.7 Å². The Morgan fingerprint density at radius 1 is 1.29 bits per heavy atom. The van der Waals surface area contributed by atoms with Crippen LogP contribution in [0.2, 0.25) is 5.02 Å². The molecule has 1 aliphatic carbocycles. The molecule has 1 aromatic heterocycles. The lowest BCUT2D eigenvalue weighted by molar-refractivity contribution is 0.251. The van der Waals surface area contributed by atoms with Crippen LogP contribution in [0.3, 0.4) is 0 Å². The molecule has 0 aliphatic heterocycles. The fraction of sp³-hybridized carbons (Fsp3) is 0.267. The van der Waals surface area contributed by atoms with Crippen LogP contribution in [0.5, 0.6) is 0 Å². The maximum atomic E-state index is 11.8. The van der Waals surface area contributed by atoms with E-state index in [0.29, 0.717) is 23.2 Å². The second-order valence-electron chi connectivity index (χ2n) is 5.00. The lowest BCUT2D eigenvalue weighted by Gasteiger charge is -2.09. The number of benzene rings is 1. The molecule has 108 valence electrons. The number of rotatable bonds is 4. The van der Waals surface area contributed by atoms with Crippen LogP contribution < -0.4 is 10.6 Å². The average Bonchev–Trinajstić information content (AvgIpc) is 3.33. The Labute approximate surface area is 127 Å². The zero-order valence-corrected chi connectivity index (χ0v) is 12.1. The maximum absolute atomic E-state index is 11.8. The normalized spacial score (nSPS) is 13.8. The fourth-order valence-electron chi connectivity index (χ4n) is 2.01. The van der Waals surface area contributed by atoms with Gasteiger partial charge >= 0.3 is 6.03 Å². The van der Waals surface area contributed by atoms with Crippen molar-refractivity contribution in [3.05, 3.63) is 53.1 Å². The van der Waals surface area contributed by atoms with Crippen molar-refractivity contribution < 1.29 is 4.79 Å². The first-order valence-electron chi connectivity index (χ1n) is 6.82. The van der Waals surface area contributed by atoms with Gasteiger partial charge in [0.1, 0.15) is 6.33 Å². The Balaban J connectivity index is 1.56. The summed E-state index contributed by atoms with van der Waals surface area (Å²) in [7, 11) is 0. The summed E-state index contributed by atoms with van der Waals surface area (Å²) in [5.74, 6) is 0.573. The number of carbonyl (C=O) groups excluding carboxylic acids is 1. The Morgan fingerprint density at radius 2 is 2.10 bits per heavy atom. The number of anilines is 1. The molecule has 1 aromatic carbocycles. The van der Waals surface area contributed by atoms with E-state index in [1.807, 2.05) is 18.2 Å². The minimum atomic E-state index is -0.310. The van der Waals surface area contributed by atoms with Crippen LogP contribution >= 0.6 is 11.6 Å². The second kappa shape index (κ2) is 6.10. The van der Waals surface area contributed by atoms with E-state index in [4.69, 9.17) is 11.6 Å². The van der Waals surface area contributed by atoms with Gasteiger partial charge in [-0.2, -0.15) is 0 Å². The van der Waals surface area contributed by atoms with Gasteiger partial charge in [-0.3, -0.25) is 0 Å². The Hall–Kier alpha value is -2.14. The van der Waals surface area contributed by atoms with E-state index in [2.05, 4.69) is 20.6 Å². The smallest absolute Gasteiger partial charge is 0.319 e. The molecule has 2 aromatic rings. The molecule has 0 atom stereocenters. The Kier molecular flexibility index (Phi) is 4.01. The molecule has 3 rings (SSSR count). The molecule has 6 heteroatoms. The Morgan fingerprint density at radius 3 is 2.86 bits per heavy atom. The van der Waals surface area contributed by atoms with Gasteiger partial charge in [0.05, 0.1) is 22.9 Å². The van der Waals surface area contributed by atoms with Crippen LogP contribution in [0, 0.1) is 0 Å². The van der Waals surface area contributed by atoms with E-state index in [9.17, 15) is 4.79 Å². The monoisotopic (exact) mass is 302 g/mol. The van der Waals surface area contributed by atoms with Crippen LogP contribution in [-0.4, -0.2) is 16.0 Å². The Bertz CT molecular complexity index is 658. The number of hydrogen-bond donors (Lipinski definition) is 2. The third-order valence-electron chi connectivity index (χ3n) is 3.29. The quantitative estimate of drug-likeness (QED) is 0.910. The summed E-state index contributed by atoms with van der Waals surface area (Å²) in [4.78, 5) is 20.3. The third-order valence-corrected chi connectivity index (χ3v) is 3.62. The number of hydrogen-bond acceptors (Lipinski definition) is 3. The summed E-state index contributed by atoms with van der Waals surface area (Å²) in [6, 6.07) is 8.74. The van der Waals surface area contributed by atoms with E-state index in [0.717, 1.165) is 11.4 Å². The number of nitrogens with zero attached hydrogens (tertiary/aromatic N) is 2. The molecule has 1 aliphatic rings. The average molecular weight is 303 g/mol. The van der Waals surface area contributed by atoms with Crippen molar-refractivity contribution in [3.63, 3.8) is 0 Å². The van der Waals surface area contributed by atoms with Gasteiger partial charge < -0.3 is 10.6 Å². The molecule has 1 saturated carbocycles. The van der Waals surface area contributed by atoms with Crippen LogP contribution in [0.1, 0.15) is 30.1 Å². The lowest BCUT2D eigenvalue weighted by atomic mass is 10.2. The van der Waals surface area contributed by atoms with Crippen molar-refractivity contribution >= 4 is 23.3 Å². The van der Waals surface area contributed by atoms with Crippen LogP contribution in [-0.2, 0) is 6.54 Å². The minimum absolute atomic E-state index is 0.310. The highest BCUT2D eigenvalue weighted by atomic mass is 35.5. The first-order chi connectivity index (χ1) is 10.2. The molecule has 0 bridgehead atoms. The molecule has 2 amide bonds. The molecule has 0 unspecified atom stereocenters. The molecule has 0 spiro atoms. The predicted molar refractivity (Wildman–Crippen MR) is 81.3 cm³/mol. The molecule has 0 saturated heterocycles. The van der Waals surface area contributed by atoms with Gasteiger partial charge in [0.25, 0.3) is 0 Å². The number of halogens is 1. The number of amides is 2. The molecular formula is C15H15ClN4O. The highest BCUT2D eigenvalue weighted by Gasteiger charge is 2.25. The summed E-state index contributed by atoms with van der Waals surface area (Å²) in [6.07, 6.45) is 3.93. The molecule has 21 heavy (non-hydrogen) atoms. The molecule has 0 radical (unpaired) electrons. The molecule has 2 N–H and O–H groups in total. The van der Waals surface area contributed by atoms with Gasteiger partial charge in [-0.15, -0.1) is 0 Å². The van der Waals surface area contributed by atoms with Crippen LogP contribution in [0.4, 0.5) is 10.5 Å².